The van der Waals surface area contributed by atoms with Gasteiger partial charge in [-0.2, -0.15) is 5.21 Å². The van der Waals surface area contributed by atoms with Gasteiger partial charge < -0.3 is 9.32 Å². The lowest BCUT2D eigenvalue weighted by atomic mass is 9.99. The first kappa shape index (κ1) is 15.5. The number of carbonyl (C=O) groups is 1. The third-order valence-electron chi connectivity index (χ3n) is 4.40. The van der Waals surface area contributed by atoms with Crippen LogP contribution in [0.25, 0.3) is 17.2 Å². The number of fused-ring (bicyclic) bond motifs is 1. The number of rotatable bonds is 4. The number of H-pyrrole nitrogens is 1. The number of nitrogens with zero attached hydrogens (tertiary/aromatic N) is 5. The van der Waals surface area contributed by atoms with Crippen molar-refractivity contribution in [1.29, 1.82) is 0 Å². The highest BCUT2D eigenvalue weighted by Crippen LogP contribution is 2.21. The molecule has 0 saturated carbocycles. The lowest BCUT2D eigenvalue weighted by molar-refractivity contribution is -0.129. The largest absolute Gasteiger partial charge is 0.437 e. The van der Waals surface area contributed by atoms with Crippen molar-refractivity contribution in [3.8, 4) is 0 Å². The first-order valence-corrected chi connectivity index (χ1v) is 8.36. The molecule has 1 amide bonds. The van der Waals surface area contributed by atoms with Crippen LogP contribution in [0.1, 0.15) is 31.0 Å². The van der Waals surface area contributed by atoms with Crippen molar-refractivity contribution < 1.29 is 9.21 Å². The third-order valence-corrected chi connectivity index (χ3v) is 4.40. The van der Waals surface area contributed by atoms with Gasteiger partial charge in [-0.05, 0) is 31.4 Å². The van der Waals surface area contributed by atoms with Crippen molar-refractivity contribution in [2.45, 2.75) is 31.7 Å². The number of nitrogens with one attached hydrogen (secondary N) is 1. The number of aromatic nitrogens is 5. The minimum atomic E-state index is -0.0459. The van der Waals surface area contributed by atoms with Gasteiger partial charge in [-0.25, -0.2) is 4.98 Å². The van der Waals surface area contributed by atoms with Crippen LogP contribution in [0.3, 0.4) is 0 Å². The molecular weight excluding hydrogens is 320 g/mol. The lowest BCUT2D eigenvalue weighted by Crippen LogP contribution is -2.44. The van der Waals surface area contributed by atoms with Crippen LogP contribution in [0.15, 0.2) is 34.8 Å². The van der Waals surface area contributed by atoms with Crippen LogP contribution in [0, 0.1) is 0 Å². The second-order valence-corrected chi connectivity index (χ2v) is 6.07. The molecule has 1 aromatic carbocycles. The molecule has 1 aliphatic rings. The van der Waals surface area contributed by atoms with Crippen LogP contribution in [-0.2, 0) is 11.2 Å². The number of oxazole rings is 1. The number of likely N-dealkylation sites (tertiary alicyclic amines) is 1. The standard InChI is InChI=1S/C17H18N6O2/c24-17(9-8-16-18-13-6-1-2-7-14(13)25-16)23-10-4-3-5-12(23)11-15-19-21-22-20-15/h1-2,6-9,12H,3-5,10-11H2,(H,19,20,21,22)/b9-8+. The molecule has 8 nitrogen and oxygen atoms in total. The monoisotopic (exact) mass is 338 g/mol. The van der Waals surface area contributed by atoms with E-state index in [1.54, 1.807) is 6.08 Å². The normalized spacial score (nSPS) is 18.2. The van der Waals surface area contributed by atoms with Gasteiger partial charge in [0.05, 0.1) is 0 Å². The molecule has 2 aromatic heterocycles. The first-order valence-electron chi connectivity index (χ1n) is 8.36. The maximum absolute atomic E-state index is 12.6. The number of benzene rings is 1. The number of carbonyl (C=O) groups excluding carboxylic acids is 1. The number of hydrogen-bond acceptors (Lipinski definition) is 6. The van der Waals surface area contributed by atoms with E-state index in [1.165, 1.54) is 6.08 Å². The molecule has 1 unspecified atom stereocenters. The lowest BCUT2D eigenvalue weighted by Gasteiger charge is -2.34. The molecule has 0 radical (unpaired) electrons. The number of tetrazole rings is 1. The van der Waals surface area contributed by atoms with Crippen molar-refractivity contribution in [1.82, 2.24) is 30.5 Å². The number of para-hydroxylation sites is 2. The van der Waals surface area contributed by atoms with Gasteiger partial charge in [0.25, 0.3) is 0 Å². The smallest absolute Gasteiger partial charge is 0.247 e. The maximum atomic E-state index is 12.6. The van der Waals surface area contributed by atoms with E-state index in [9.17, 15) is 4.79 Å². The summed E-state index contributed by atoms with van der Waals surface area (Å²) in [6.45, 7) is 0.735. The maximum Gasteiger partial charge on any atom is 0.247 e. The Labute approximate surface area is 143 Å². The number of amides is 1. The summed E-state index contributed by atoms with van der Waals surface area (Å²) in [5, 5.41) is 14.0. The van der Waals surface area contributed by atoms with E-state index in [2.05, 4.69) is 25.6 Å². The van der Waals surface area contributed by atoms with E-state index in [-0.39, 0.29) is 11.9 Å². The summed E-state index contributed by atoms with van der Waals surface area (Å²) in [5.41, 5.74) is 1.49. The summed E-state index contributed by atoms with van der Waals surface area (Å²) in [6.07, 6.45) is 6.81. The zero-order valence-corrected chi connectivity index (χ0v) is 13.6. The Bertz CT molecular complexity index is 853. The van der Waals surface area contributed by atoms with E-state index in [1.807, 2.05) is 29.2 Å². The van der Waals surface area contributed by atoms with Crippen molar-refractivity contribution in [3.63, 3.8) is 0 Å². The van der Waals surface area contributed by atoms with Gasteiger partial charge >= 0.3 is 0 Å². The fourth-order valence-corrected chi connectivity index (χ4v) is 3.18. The van der Waals surface area contributed by atoms with E-state index in [0.29, 0.717) is 23.7 Å². The quantitative estimate of drug-likeness (QED) is 0.730. The van der Waals surface area contributed by atoms with E-state index >= 15 is 0 Å². The third kappa shape index (κ3) is 3.42. The minimum Gasteiger partial charge on any atom is -0.437 e. The number of aromatic amines is 1. The highest BCUT2D eigenvalue weighted by atomic mass is 16.3. The Hall–Kier alpha value is -3.03. The fourth-order valence-electron chi connectivity index (χ4n) is 3.18. The molecule has 3 heterocycles. The minimum absolute atomic E-state index is 0.0459. The molecule has 0 spiro atoms. The van der Waals surface area contributed by atoms with Gasteiger partial charge in [-0.3, -0.25) is 4.79 Å². The summed E-state index contributed by atoms with van der Waals surface area (Å²) in [5.74, 6) is 1.02. The van der Waals surface area contributed by atoms with E-state index in [4.69, 9.17) is 4.42 Å². The van der Waals surface area contributed by atoms with E-state index in [0.717, 1.165) is 31.3 Å². The Kier molecular flexibility index (Phi) is 4.24. The first-order chi connectivity index (χ1) is 12.3. The van der Waals surface area contributed by atoms with Gasteiger partial charge in [0.2, 0.25) is 11.8 Å². The Balaban J connectivity index is 1.47. The van der Waals surface area contributed by atoms with Crippen molar-refractivity contribution >= 4 is 23.1 Å². The summed E-state index contributed by atoms with van der Waals surface area (Å²) in [4.78, 5) is 18.9. The Morgan fingerprint density at radius 2 is 2.28 bits per heavy atom. The molecule has 0 bridgehead atoms. The molecular formula is C17H18N6O2. The second-order valence-electron chi connectivity index (χ2n) is 6.07. The van der Waals surface area contributed by atoms with Crippen LogP contribution in [0.2, 0.25) is 0 Å². The predicted molar refractivity (Wildman–Crippen MR) is 90.3 cm³/mol. The van der Waals surface area contributed by atoms with E-state index < -0.39 is 0 Å². The van der Waals surface area contributed by atoms with Gasteiger partial charge in [0, 0.05) is 31.2 Å². The Morgan fingerprint density at radius 3 is 3.12 bits per heavy atom. The Morgan fingerprint density at radius 1 is 1.36 bits per heavy atom. The topological polar surface area (TPSA) is 101 Å². The van der Waals surface area contributed by atoms with Crippen LogP contribution < -0.4 is 0 Å². The molecule has 128 valence electrons. The zero-order valence-electron chi connectivity index (χ0n) is 13.6. The van der Waals surface area contributed by atoms with Crippen LogP contribution in [0.5, 0.6) is 0 Å². The van der Waals surface area contributed by atoms with Crippen LogP contribution in [-0.4, -0.2) is 49.0 Å². The molecule has 25 heavy (non-hydrogen) atoms. The average molecular weight is 338 g/mol. The summed E-state index contributed by atoms with van der Waals surface area (Å²) in [7, 11) is 0. The van der Waals surface area contributed by atoms with Gasteiger partial charge in [-0.15, -0.1) is 10.2 Å². The molecule has 4 rings (SSSR count). The highest BCUT2D eigenvalue weighted by molar-refractivity contribution is 5.91. The molecule has 1 aliphatic heterocycles. The average Bonchev–Trinajstić information content (AvgIpc) is 3.29. The zero-order chi connectivity index (χ0) is 17.1. The molecule has 3 aromatic rings. The molecule has 0 aliphatic carbocycles. The van der Waals surface area contributed by atoms with Crippen molar-refractivity contribution in [2.75, 3.05) is 6.54 Å². The van der Waals surface area contributed by atoms with Gasteiger partial charge in [0.15, 0.2) is 11.4 Å². The van der Waals surface area contributed by atoms with Crippen LogP contribution >= 0.6 is 0 Å². The van der Waals surface area contributed by atoms with Gasteiger partial charge in [-0.1, -0.05) is 17.3 Å². The fraction of sp³-hybridized carbons (Fsp3) is 0.353. The summed E-state index contributed by atoms with van der Waals surface area (Å²) < 4.78 is 5.62. The number of hydrogen-bond donors (Lipinski definition) is 1. The molecule has 1 fully saturated rings. The summed E-state index contributed by atoms with van der Waals surface area (Å²) >= 11 is 0. The SMILES string of the molecule is O=C(/C=C/c1nc2ccccc2o1)N1CCCCC1Cc1nn[nH]n1. The molecule has 8 heteroatoms. The molecule has 1 N–H and O–H groups in total. The second kappa shape index (κ2) is 6.84. The van der Waals surface area contributed by atoms with Crippen molar-refractivity contribution in [3.05, 3.63) is 42.1 Å². The number of piperidine rings is 1. The summed E-state index contributed by atoms with van der Waals surface area (Å²) in [6, 6.07) is 7.62. The molecule has 1 saturated heterocycles. The van der Waals surface area contributed by atoms with Gasteiger partial charge in [0.1, 0.15) is 5.52 Å². The molecule has 1 atom stereocenters. The van der Waals surface area contributed by atoms with Crippen molar-refractivity contribution in [2.24, 2.45) is 0 Å². The van der Waals surface area contributed by atoms with Crippen LogP contribution in [0.4, 0.5) is 0 Å². The predicted octanol–water partition coefficient (Wildman–Crippen LogP) is 1.98. The highest BCUT2D eigenvalue weighted by Gasteiger charge is 2.26.